The summed E-state index contributed by atoms with van der Waals surface area (Å²) >= 11 is 0. The average molecular weight is 318 g/mol. The molecule has 0 aromatic carbocycles. The molecule has 1 N–H and O–H groups in total. The molecule has 0 unspecified atom stereocenters. The number of aromatic nitrogens is 2. The van der Waals surface area contributed by atoms with Crippen LogP contribution in [0.15, 0.2) is 17.3 Å². The Morgan fingerprint density at radius 2 is 2.19 bits per heavy atom. The molecule has 0 spiro atoms. The molecular formula is C13H26N4O3S. The van der Waals surface area contributed by atoms with Gasteiger partial charge in [0.05, 0.1) is 12.8 Å². The molecule has 0 fully saturated rings. The quantitative estimate of drug-likeness (QED) is 0.637. The Labute approximate surface area is 127 Å². The summed E-state index contributed by atoms with van der Waals surface area (Å²) in [5.74, 6) is 0. The van der Waals surface area contributed by atoms with Crippen LogP contribution in [0.2, 0.25) is 0 Å². The van der Waals surface area contributed by atoms with Crippen molar-refractivity contribution in [3.8, 4) is 0 Å². The first-order chi connectivity index (χ1) is 9.93. The Kier molecular flexibility index (Phi) is 7.30. The number of hydrogen-bond donors (Lipinski definition) is 1. The summed E-state index contributed by atoms with van der Waals surface area (Å²) in [5.41, 5.74) is 0. The zero-order chi connectivity index (χ0) is 15.9. The third kappa shape index (κ3) is 5.06. The van der Waals surface area contributed by atoms with Crippen molar-refractivity contribution in [2.24, 2.45) is 0 Å². The standard InChI is InChI=1S/C13H26N4O3S/c1-12(2)17(8-9-20-4)21(18,19)13-10-15-16(11-13)7-5-6-14-3/h10-12,14H,5-9H2,1-4H3. The second-order valence-corrected chi connectivity index (χ2v) is 6.99. The van der Waals surface area contributed by atoms with Crippen molar-refractivity contribution in [2.45, 2.75) is 37.8 Å². The maximum Gasteiger partial charge on any atom is 0.246 e. The highest BCUT2D eigenvalue weighted by atomic mass is 32.2. The van der Waals surface area contributed by atoms with Crippen LogP contribution in [0, 0.1) is 0 Å². The third-order valence-electron chi connectivity index (χ3n) is 3.12. The molecule has 1 heterocycles. The topological polar surface area (TPSA) is 76.5 Å². The molecular weight excluding hydrogens is 292 g/mol. The smallest absolute Gasteiger partial charge is 0.246 e. The third-order valence-corrected chi connectivity index (χ3v) is 5.15. The van der Waals surface area contributed by atoms with Gasteiger partial charge in [-0.15, -0.1) is 0 Å². The molecule has 0 radical (unpaired) electrons. The normalized spacial score (nSPS) is 12.5. The number of aryl methyl sites for hydroxylation is 1. The molecule has 0 aliphatic rings. The molecule has 7 nitrogen and oxygen atoms in total. The molecule has 0 aliphatic carbocycles. The maximum absolute atomic E-state index is 12.6. The molecule has 0 atom stereocenters. The van der Waals surface area contributed by atoms with Crippen molar-refractivity contribution in [1.82, 2.24) is 19.4 Å². The van der Waals surface area contributed by atoms with E-state index in [0.29, 0.717) is 19.7 Å². The largest absolute Gasteiger partial charge is 0.383 e. The van der Waals surface area contributed by atoms with E-state index in [1.165, 1.54) is 10.5 Å². The molecule has 8 heteroatoms. The minimum atomic E-state index is -3.53. The van der Waals surface area contributed by atoms with Gasteiger partial charge < -0.3 is 10.1 Å². The van der Waals surface area contributed by atoms with Crippen molar-refractivity contribution in [2.75, 3.05) is 33.9 Å². The van der Waals surface area contributed by atoms with Crippen molar-refractivity contribution in [3.63, 3.8) is 0 Å². The summed E-state index contributed by atoms with van der Waals surface area (Å²) < 4.78 is 33.3. The number of sulfonamides is 1. The van der Waals surface area contributed by atoms with E-state index in [1.807, 2.05) is 20.9 Å². The van der Waals surface area contributed by atoms with Gasteiger partial charge in [-0.3, -0.25) is 4.68 Å². The Morgan fingerprint density at radius 3 is 2.76 bits per heavy atom. The molecule has 0 saturated heterocycles. The Hall–Kier alpha value is -0.960. The van der Waals surface area contributed by atoms with E-state index in [9.17, 15) is 8.42 Å². The summed E-state index contributed by atoms with van der Waals surface area (Å²) in [4.78, 5) is 0.233. The maximum atomic E-state index is 12.6. The molecule has 0 amide bonds. The van der Waals surface area contributed by atoms with Crippen molar-refractivity contribution in [1.29, 1.82) is 0 Å². The van der Waals surface area contributed by atoms with Crippen molar-refractivity contribution >= 4 is 10.0 Å². The molecule has 122 valence electrons. The van der Waals surface area contributed by atoms with Gasteiger partial charge in [-0.2, -0.15) is 9.40 Å². The fraction of sp³-hybridized carbons (Fsp3) is 0.769. The zero-order valence-corrected chi connectivity index (χ0v) is 14.1. The SMILES string of the molecule is CNCCCn1cc(S(=O)(=O)N(CCOC)C(C)C)cn1. The van der Waals surface area contributed by atoms with Crippen LogP contribution in [0.3, 0.4) is 0 Å². The van der Waals surface area contributed by atoms with Gasteiger partial charge in [0.2, 0.25) is 10.0 Å². The monoisotopic (exact) mass is 318 g/mol. The summed E-state index contributed by atoms with van der Waals surface area (Å²) in [6.45, 7) is 5.97. The number of rotatable bonds is 10. The fourth-order valence-corrected chi connectivity index (χ4v) is 3.57. The summed E-state index contributed by atoms with van der Waals surface area (Å²) in [6.07, 6.45) is 3.90. The lowest BCUT2D eigenvalue weighted by Gasteiger charge is -2.24. The summed E-state index contributed by atoms with van der Waals surface area (Å²) in [5, 5.41) is 7.18. The number of methoxy groups -OCH3 is 1. The van der Waals surface area contributed by atoms with Gasteiger partial charge in [0.15, 0.2) is 0 Å². The van der Waals surface area contributed by atoms with E-state index in [0.717, 1.165) is 13.0 Å². The minimum Gasteiger partial charge on any atom is -0.383 e. The second-order valence-electron chi connectivity index (χ2n) is 5.10. The summed E-state index contributed by atoms with van der Waals surface area (Å²) in [7, 11) is -0.0833. The predicted octanol–water partition coefficient (Wildman–Crippen LogP) is 0.538. The van der Waals surface area contributed by atoms with Crippen LogP contribution < -0.4 is 5.32 Å². The van der Waals surface area contributed by atoms with Gasteiger partial charge in [0, 0.05) is 32.4 Å². The van der Waals surface area contributed by atoms with Crippen LogP contribution in [0.5, 0.6) is 0 Å². The first-order valence-electron chi connectivity index (χ1n) is 7.11. The first kappa shape index (κ1) is 18.1. The van der Waals surface area contributed by atoms with Crippen molar-refractivity contribution in [3.05, 3.63) is 12.4 Å². The minimum absolute atomic E-state index is 0.127. The number of hydrogen-bond acceptors (Lipinski definition) is 5. The fourth-order valence-electron chi connectivity index (χ4n) is 1.99. The second kappa shape index (κ2) is 8.47. The van der Waals surface area contributed by atoms with Crippen LogP contribution in [0.4, 0.5) is 0 Å². The highest BCUT2D eigenvalue weighted by molar-refractivity contribution is 7.89. The molecule has 1 rings (SSSR count). The Bertz CT molecular complexity index is 513. The van der Waals surface area contributed by atoms with Gasteiger partial charge in [0.25, 0.3) is 0 Å². The van der Waals surface area contributed by atoms with Gasteiger partial charge in [-0.05, 0) is 33.9 Å². The van der Waals surface area contributed by atoms with E-state index < -0.39 is 10.0 Å². The van der Waals surface area contributed by atoms with Gasteiger partial charge in [0.1, 0.15) is 4.90 Å². The van der Waals surface area contributed by atoms with E-state index in [1.54, 1.807) is 18.0 Å². The number of nitrogens with zero attached hydrogens (tertiary/aromatic N) is 3. The first-order valence-corrected chi connectivity index (χ1v) is 8.55. The Balaban J connectivity index is 2.84. The van der Waals surface area contributed by atoms with E-state index in [4.69, 9.17) is 4.74 Å². The van der Waals surface area contributed by atoms with Gasteiger partial charge >= 0.3 is 0 Å². The lowest BCUT2D eigenvalue weighted by Crippen LogP contribution is -2.39. The Morgan fingerprint density at radius 1 is 1.48 bits per heavy atom. The highest BCUT2D eigenvalue weighted by Gasteiger charge is 2.27. The molecule has 0 aliphatic heterocycles. The van der Waals surface area contributed by atoms with E-state index in [2.05, 4.69) is 10.4 Å². The molecule has 0 saturated carbocycles. The van der Waals surface area contributed by atoms with Crippen LogP contribution in [0.1, 0.15) is 20.3 Å². The number of ether oxygens (including phenoxy) is 1. The van der Waals surface area contributed by atoms with Crippen LogP contribution >= 0.6 is 0 Å². The lowest BCUT2D eigenvalue weighted by atomic mass is 10.4. The summed E-state index contributed by atoms with van der Waals surface area (Å²) in [6, 6.07) is -0.127. The van der Waals surface area contributed by atoms with E-state index in [-0.39, 0.29) is 10.9 Å². The molecule has 21 heavy (non-hydrogen) atoms. The number of nitrogens with one attached hydrogen (secondary N) is 1. The molecule has 1 aromatic heterocycles. The van der Waals surface area contributed by atoms with Gasteiger partial charge in [-0.1, -0.05) is 0 Å². The zero-order valence-electron chi connectivity index (χ0n) is 13.2. The van der Waals surface area contributed by atoms with Crippen LogP contribution in [0.25, 0.3) is 0 Å². The van der Waals surface area contributed by atoms with Crippen LogP contribution in [-0.4, -0.2) is 62.4 Å². The van der Waals surface area contributed by atoms with Crippen molar-refractivity contribution < 1.29 is 13.2 Å². The van der Waals surface area contributed by atoms with Gasteiger partial charge in [-0.25, -0.2) is 8.42 Å². The average Bonchev–Trinajstić information content (AvgIpc) is 2.88. The lowest BCUT2D eigenvalue weighted by molar-refractivity contribution is 0.171. The predicted molar refractivity (Wildman–Crippen MR) is 81.7 cm³/mol. The van der Waals surface area contributed by atoms with E-state index >= 15 is 0 Å². The molecule has 1 aromatic rings. The molecule has 0 bridgehead atoms. The van der Waals surface area contributed by atoms with Crippen LogP contribution in [-0.2, 0) is 21.3 Å². The highest BCUT2D eigenvalue weighted by Crippen LogP contribution is 2.17.